The molecule has 0 saturated heterocycles. The molecule has 0 bridgehead atoms. The van der Waals surface area contributed by atoms with E-state index in [0.717, 1.165) is 0 Å². The molecular weight excluding hydrogens is 156 g/mol. The molecule has 1 N–H and O–H groups in total. The minimum Gasteiger partial charge on any atom is -0.264 e. The van der Waals surface area contributed by atoms with Crippen LogP contribution >= 0.6 is 12.4 Å². The molecule has 52 valence electrons. The summed E-state index contributed by atoms with van der Waals surface area (Å²) in [5, 5.41) is 0. The topological polar surface area (TPSA) is 63.6 Å². The van der Waals surface area contributed by atoms with Crippen molar-refractivity contribution < 1.29 is 17.2 Å². The molecule has 0 aromatic heterocycles. The Kier molecular flexibility index (Phi) is 5.62. The molecular formula is C2H7ClO4S. The Bertz CT molecular complexity index is 127. The van der Waals surface area contributed by atoms with Gasteiger partial charge in [0.2, 0.25) is 0 Å². The van der Waals surface area contributed by atoms with E-state index in [0.29, 0.717) is 0 Å². The highest BCUT2D eigenvalue weighted by atomic mass is 35.5. The minimum atomic E-state index is -4.17. The van der Waals surface area contributed by atoms with Crippen molar-refractivity contribution in [2.24, 2.45) is 0 Å². The highest BCUT2D eigenvalue weighted by Gasteiger charge is 1.98. The fourth-order valence-corrected chi connectivity index (χ4v) is 0.447. The summed E-state index contributed by atoms with van der Waals surface area (Å²) < 4.78 is 30.7. The summed E-state index contributed by atoms with van der Waals surface area (Å²) in [4.78, 5) is 0. The molecule has 0 spiro atoms. The molecule has 0 aliphatic heterocycles. The average Bonchev–Trinajstić information content (AvgIpc) is 1.30. The van der Waals surface area contributed by atoms with Crippen molar-refractivity contribution in [2.75, 3.05) is 6.61 Å². The molecule has 6 heteroatoms. The molecule has 0 atom stereocenters. The zero-order valence-electron chi connectivity index (χ0n) is 4.20. The van der Waals surface area contributed by atoms with Crippen LogP contribution < -0.4 is 0 Å². The first-order valence-electron chi connectivity index (χ1n) is 1.68. The van der Waals surface area contributed by atoms with Crippen LogP contribution in [0.2, 0.25) is 0 Å². The fraction of sp³-hybridized carbons (Fsp3) is 1.00. The zero-order valence-corrected chi connectivity index (χ0v) is 5.83. The molecule has 0 aromatic carbocycles. The number of halogens is 1. The average molecular weight is 163 g/mol. The second kappa shape index (κ2) is 4.08. The van der Waals surface area contributed by atoms with E-state index in [9.17, 15) is 8.42 Å². The lowest BCUT2D eigenvalue weighted by Crippen LogP contribution is -2.01. The van der Waals surface area contributed by atoms with Gasteiger partial charge in [0.05, 0.1) is 6.61 Å². The molecule has 0 saturated carbocycles. The van der Waals surface area contributed by atoms with Crippen LogP contribution in [0.5, 0.6) is 0 Å². The summed E-state index contributed by atoms with van der Waals surface area (Å²) in [6.07, 6.45) is 0. The second-order valence-electron chi connectivity index (χ2n) is 0.834. The molecule has 4 nitrogen and oxygen atoms in total. The summed E-state index contributed by atoms with van der Waals surface area (Å²) in [5.41, 5.74) is 0. The van der Waals surface area contributed by atoms with Crippen molar-refractivity contribution in [3.05, 3.63) is 0 Å². The van der Waals surface area contributed by atoms with E-state index in [4.69, 9.17) is 4.55 Å². The predicted molar refractivity (Wildman–Crippen MR) is 30.4 cm³/mol. The van der Waals surface area contributed by atoms with E-state index >= 15 is 0 Å². The Balaban J connectivity index is 0. The molecule has 0 fully saturated rings. The SMILES string of the molecule is CCOS(=O)(=O)O.Cl. The molecule has 0 aliphatic rings. The van der Waals surface area contributed by atoms with E-state index in [-0.39, 0.29) is 19.0 Å². The molecule has 0 aliphatic carbocycles. The largest absolute Gasteiger partial charge is 0.397 e. The maximum absolute atomic E-state index is 9.56. The maximum Gasteiger partial charge on any atom is 0.397 e. The van der Waals surface area contributed by atoms with Gasteiger partial charge in [0.15, 0.2) is 0 Å². The van der Waals surface area contributed by atoms with Gasteiger partial charge in [-0.1, -0.05) is 0 Å². The van der Waals surface area contributed by atoms with Gasteiger partial charge in [0.25, 0.3) is 0 Å². The Morgan fingerprint density at radius 1 is 1.62 bits per heavy atom. The minimum absolute atomic E-state index is 0. The smallest absolute Gasteiger partial charge is 0.264 e. The first kappa shape index (κ1) is 11.0. The van der Waals surface area contributed by atoms with E-state index in [1.54, 1.807) is 0 Å². The predicted octanol–water partition coefficient (Wildman–Crippen LogP) is 0.248. The quantitative estimate of drug-likeness (QED) is 0.592. The maximum atomic E-state index is 9.56. The van der Waals surface area contributed by atoms with Crippen LogP contribution in [0.4, 0.5) is 0 Å². The zero-order chi connectivity index (χ0) is 5.91. The van der Waals surface area contributed by atoms with Gasteiger partial charge in [-0.25, -0.2) is 4.18 Å². The van der Waals surface area contributed by atoms with Crippen molar-refractivity contribution in [2.45, 2.75) is 6.92 Å². The number of hydrogen-bond donors (Lipinski definition) is 1. The van der Waals surface area contributed by atoms with Gasteiger partial charge >= 0.3 is 10.4 Å². The van der Waals surface area contributed by atoms with Gasteiger partial charge in [0.1, 0.15) is 0 Å². The monoisotopic (exact) mass is 162 g/mol. The third-order valence-electron chi connectivity index (χ3n) is 0.267. The summed E-state index contributed by atoms with van der Waals surface area (Å²) >= 11 is 0. The van der Waals surface area contributed by atoms with E-state index in [1.807, 2.05) is 0 Å². The molecule has 0 amide bonds. The molecule has 0 aromatic rings. The summed E-state index contributed by atoms with van der Waals surface area (Å²) in [5.74, 6) is 0. The van der Waals surface area contributed by atoms with E-state index in [2.05, 4.69) is 4.18 Å². The van der Waals surface area contributed by atoms with E-state index < -0.39 is 10.4 Å². The van der Waals surface area contributed by atoms with Crippen LogP contribution in [-0.2, 0) is 14.6 Å². The number of hydrogen-bond acceptors (Lipinski definition) is 3. The van der Waals surface area contributed by atoms with Gasteiger partial charge < -0.3 is 0 Å². The van der Waals surface area contributed by atoms with Crippen LogP contribution in [0.15, 0.2) is 0 Å². The van der Waals surface area contributed by atoms with Crippen molar-refractivity contribution in [1.82, 2.24) is 0 Å². The second-order valence-corrected chi connectivity index (χ2v) is 1.93. The van der Waals surface area contributed by atoms with Crippen molar-refractivity contribution >= 4 is 22.8 Å². The lowest BCUT2D eigenvalue weighted by Gasteiger charge is -1.88. The lowest BCUT2D eigenvalue weighted by atomic mass is 10.9. The molecule has 0 radical (unpaired) electrons. The molecule has 0 heterocycles. The highest BCUT2D eigenvalue weighted by molar-refractivity contribution is 7.80. The number of rotatable bonds is 2. The van der Waals surface area contributed by atoms with Gasteiger partial charge in [-0.3, -0.25) is 4.55 Å². The van der Waals surface area contributed by atoms with Crippen LogP contribution in [0.1, 0.15) is 6.92 Å². The summed E-state index contributed by atoms with van der Waals surface area (Å²) in [7, 11) is -4.17. The Labute approximate surface area is 54.2 Å². The third-order valence-corrected chi connectivity index (χ3v) is 0.800. The van der Waals surface area contributed by atoms with Gasteiger partial charge in [0, 0.05) is 0 Å². The van der Waals surface area contributed by atoms with Crippen LogP contribution in [0, 0.1) is 0 Å². The molecule has 8 heavy (non-hydrogen) atoms. The van der Waals surface area contributed by atoms with Crippen molar-refractivity contribution in [3.63, 3.8) is 0 Å². The van der Waals surface area contributed by atoms with Crippen molar-refractivity contribution in [3.8, 4) is 0 Å². The Morgan fingerprint density at radius 2 is 2.00 bits per heavy atom. The standard InChI is InChI=1S/C2H6O4S.ClH/c1-2-6-7(3,4)5;/h2H2,1H3,(H,3,4,5);1H. The van der Waals surface area contributed by atoms with E-state index in [1.165, 1.54) is 6.92 Å². The molecule has 0 rings (SSSR count). The van der Waals surface area contributed by atoms with Crippen LogP contribution in [0.3, 0.4) is 0 Å². The van der Waals surface area contributed by atoms with Crippen LogP contribution in [0.25, 0.3) is 0 Å². The first-order valence-corrected chi connectivity index (χ1v) is 3.04. The van der Waals surface area contributed by atoms with Crippen molar-refractivity contribution in [1.29, 1.82) is 0 Å². The summed E-state index contributed by atoms with van der Waals surface area (Å²) in [6.45, 7) is 1.44. The normalized spacial score (nSPS) is 10.2. The lowest BCUT2D eigenvalue weighted by molar-refractivity contribution is 0.283. The van der Waals surface area contributed by atoms with Gasteiger partial charge in [-0.2, -0.15) is 8.42 Å². The van der Waals surface area contributed by atoms with Gasteiger partial charge in [-0.15, -0.1) is 12.4 Å². The highest BCUT2D eigenvalue weighted by Crippen LogP contribution is 1.81. The molecule has 0 unspecified atom stereocenters. The Morgan fingerprint density at radius 3 is 2.00 bits per heavy atom. The fourth-order valence-electron chi connectivity index (χ4n) is 0.149. The Hall–Kier alpha value is 0.160. The third kappa shape index (κ3) is 9.48. The van der Waals surface area contributed by atoms with Gasteiger partial charge in [-0.05, 0) is 6.92 Å². The first-order chi connectivity index (χ1) is 3.06. The van der Waals surface area contributed by atoms with Crippen LogP contribution in [-0.4, -0.2) is 19.6 Å². The summed E-state index contributed by atoms with van der Waals surface area (Å²) in [6, 6.07) is 0.